The fourth-order valence-corrected chi connectivity index (χ4v) is 3.93. The third-order valence-corrected chi connectivity index (χ3v) is 5.64. The molecule has 0 amide bonds. The van der Waals surface area contributed by atoms with E-state index in [2.05, 4.69) is 30.7 Å². The molecular weight excluding hydrogens is 524 g/mol. The van der Waals surface area contributed by atoms with Crippen molar-refractivity contribution in [2.45, 2.75) is 12.4 Å². The minimum Gasteiger partial charge on any atom is -0.329 e. The highest BCUT2D eigenvalue weighted by Gasteiger charge is 2.34. The fourth-order valence-electron chi connectivity index (χ4n) is 2.89. The van der Waals surface area contributed by atoms with Crippen LogP contribution in [-0.4, -0.2) is 42.2 Å². The van der Waals surface area contributed by atoms with Gasteiger partial charge in [-0.1, -0.05) is 22.9 Å². The van der Waals surface area contributed by atoms with E-state index in [1.54, 1.807) is 24.4 Å². The van der Waals surface area contributed by atoms with E-state index in [-0.39, 0.29) is 5.65 Å². The molecule has 2 N–H and O–H groups in total. The van der Waals surface area contributed by atoms with Gasteiger partial charge in [0.25, 0.3) is 0 Å². The van der Waals surface area contributed by atoms with E-state index in [4.69, 9.17) is 16.4 Å². The molecule has 0 bridgehead atoms. The number of rotatable bonds is 3. The van der Waals surface area contributed by atoms with Gasteiger partial charge in [0.05, 0.1) is 28.0 Å². The lowest BCUT2D eigenvalue weighted by Gasteiger charge is -2.05. The van der Waals surface area contributed by atoms with Crippen LogP contribution in [0.15, 0.2) is 42.9 Å². The number of hydrogen-bond acceptors (Lipinski definition) is 7. The highest BCUT2D eigenvalue weighted by Crippen LogP contribution is 2.36. The molecule has 5 aromatic rings. The molecule has 0 spiro atoms. The molecule has 0 aliphatic heterocycles. The third-order valence-electron chi connectivity index (χ3n) is 4.36. The standard InChI is InChI=1S/C17H9ClF3N7S.C2HF3O/c18-13-9-6-22-25-10(9)3-4-11(13)23-16-27-26-15(29-16)8-2-1-5-28-7-12(17(19,20)21)24-14(8)28;3-2(4,5)1-6/h1-7H,(H,22,25)(H,23,27);1H. The molecule has 1 aromatic carbocycles. The Kier molecular flexibility index (Phi) is 6.38. The first-order valence-electron chi connectivity index (χ1n) is 9.27. The summed E-state index contributed by atoms with van der Waals surface area (Å²) in [5.41, 5.74) is 1.05. The number of alkyl halides is 6. The molecule has 182 valence electrons. The Hall–Kier alpha value is -3.72. The van der Waals surface area contributed by atoms with Gasteiger partial charge in [0.2, 0.25) is 11.4 Å². The number of aldehydes is 1. The average molecular weight is 534 g/mol. The molecule has 16 heteroatoms. The summed E-state index contributed by atoms with van der Waals surface area (Å²) in [6, 6.07) is 6.87. The number of nitrogens with one attached hydrogen (secondary N) is 2. The van der Waals surface area contributed by atoms with E-state index in [1.807, 2.05) is 6.07 Å². The lowest BCUT2D eigenvalue weighted by atomic mass is 10.2. The Morgan fingerprint density at radius 3 is 2.54 bits per heavy atom. The van der Waals surface area contributed by atoms with Crippen molar-refractivity contribution in [3.05, 3.63) is 53.6 Å². The predicted molar refractivity (Wildman–Crippen MR) is 116 cm³/mol. The summed E-state index contributed by atoms with van der Waals surface area (Å²) < 4.78 is 71.6. The molecule has 0 radical (unpaired) electrons. The van der Waals surface area contributed by atoms with Crippen molar-refractivity contribution in [1.29, 1.82) is 0 Å². The molecule has 4 aromatic heterocycles. The van der Waals surface area contributed by atoms with Gasteiger partial charge in [-0.3, -0.25) is 9.89 Å². The highest BCUT2D eigenvalue weighted by molar-refractivity contribution is 7.18. The van der Waals surface area contributed by atoms with Crippen molar-refractivity contribution < 1.29 is 31.1 Å². The van der Waals surface area contributed by atoms with Crippen LogP contribution in [0.2, 0.25) is 5.02 Å². The second-order valence-corrected chi connectivity index (χ2v) is 8.09. The molecule has 0 saturated carbocycles. The first-order chi connectivity index (χ1) is 16.5. The Morgan fingerprint density at radius 2 is 1.86 bits per heavy atom. The Balaban J connectivity index is 0.000000431. The summed E-state index contributed by atoms with van der Waals surface area (Å²) in [4.78, 5) is 12.4. The topological polar surface area (TPSA) is 101 Å². The Morgan fingerprint density at radius 1 is 1.11 bits per heavy atom. The van der Waals surface area contributed by atoms with Crippen LogP contribution in [0.5, 0.6) is 0 Å². The number of imidazole rings is 1. The average Bonchev–Trinajstić information content (AvgIpc) is 3.54. The number of hydrogen-bond donors (Lipinski definition) is 2. The summed E-state index contributed by atoms with van der Waals surface area (Å²) in [6.45, 7) is 0. The number of aromatic amines is 1. The maximum atomic E-state index is 13.0. The molecule has 8 nitrogen and oxygen atoms in total. The quantitative estimate of drug-likeness (QED) is 0.221. The molecular formula is C19H10ClF6N7OS. The van der Waals surface area contributed by atoms with Gasteiger partial charge in [0, 0.05) is 17.8 Å². The number of H-pyrrole nitrogens is 1. The van der Waals surface area contributed by atoms with Gasteiger partial charge in [-0.05, 0) is 24.3 Å². The zero-order valence-corrected chi connectivity index (χ0v) is 18.4. The number of anilines is 2. The van der Waals surface area contributed by atoms with Gasteiger partial charge in [-0.25, -0.2) is 4.98 Å². The summed E-state index contributed by atoms with van der Waals surface area (Å²) in [6.07, 6.45) is -6.17. The van der Waals surface area contributed by atoms with Crippen LogP contribution in [0.3, 0.4) is 0 Å². The van der Waals surface area contributed by atoms with Crippen molar-refractivity contribution in [2.24, 2.45) is 0 Å². The van der Waals surface area contributed by atoms with Gasteiger partial charge in [-0.2, -0.15) is 31.4 Å². The van der Waals surface area contributed by atoms with Crippen LogP contribution < -0.4 is 5.32 Å². The predicted octanol–water partition coefficient (Wildman–Crippen LogP) is 5.89. The second-order valence-electron chi connectivity index (χ2n) is 6.73. The van der Waals surface area contributed by atoms with Crippen LogP contribution in [0, 0.1) is 0 Å². The highest BCUT2D eigenvalue weighted by atomic mass is 35.5. The van der Waals surface area contributed by atoms with E-state index in [1.165, 1.54) is 21.9 Å². The van der Waals surface area contributed by atoms with Crippen LogP contribution in [-0.2, 0) is 11.0 Å². The first kappa shape index (κ1) is 24.4. The minimum absolute atomic E-state index is 0.153. The molecule has 0 fully saturated rings. The maximum absolute atomic E-state index is 13.0. The minimum atomic E-state index is -4.64. The SMILES string of the molecule is FC(F)(F)c1cn2cccc(-c3nnc(Nc4ccc5[nH]ncc5c4Cl)s3)c2n1.O=CC(F)(F)F. The lowest BCUT2D eigenvalue weighted by Crippen LogP contribution is -2.07. The molecule has 5 rings (SSSR count). The van der Waals surface area contributed by atoms with Gasteiger partial charge in [0.15, 0.2) is 10.7 Å². The number of pyridine rings is 1. The Labute approximate surface area is 199 Å². The molecule has 0 atom stereocenters. The first-order valence-corrected chi connectivity index (χ1v) is 10.5. The molecule has 4 heterocycles. The molecule has 35 heavy (non-hydrogen) atoms. The van der Waals surface area contributed by atoms with E-state index < -0.39 is 24.3 Å². The molecule has 0 aliphatic rings. The van der Waals surface area contributed by atoms with Gasteiger partial charge >= 0.3 is 12.4 Å². The monoisotopic (exact) mass is 533 g/mol. The number of halogens is 7. The molecule has 0 unspecified atom stereocenters. The third kappa shape index (κ3) is 5.35. The van der Waals surface area contributed by atoms with Crippen molar-refractivity contribution in [3.8, 4) is 10.6 Å². The maximum Gasteiger partial charge on any atom is 0.446 e. The van der Waals surface area contributed by atoms with Gasteiger partial charge < -0.3 is 9.72 Å². The van der Waals surface area contributed by atoms with Crippen LogP contribution in [0.4, 0.5) is 37.2 Å². The zero-order chi connectivity index (χ0) is 25.4. The van der Waals surface area contributed by atoms with Gasteiger partial charge in [-0.15, -0.1) is 10.2 Å². The van der Waals surface area contributed by atoms with E-state index >= 15 is 0 Å². The Bertz CT molecular complexity index is 1510. The van der Waals surface area contributed by atoms with E-state index in [0.717, 1.165) is 17.1 Å². The van der Waals surface area contributed by atoms with Crippen molar-refractivity contribution in [2.75, 3.05) is 5.32 Å². The number of carbonyl (C=O) groups excluding carboxylic acids is 1. The number of aromatic nitrogens is 6. The number of nitrogens with zero attached hydrogens (tertiary/aromatic N) is 5. The number of benzene rings is 1. The van der Waals surface area contributed by atoms with Gasteiger partial charge in [0.1, 0.15) is 5.65 Å². The van der Waals surface area contributed by atoms with Crippen LogP contribution in [0.25, 0.3) is 27.1 Å². The van der Waals surface area contributed by atoms with Crippen molar-refractivity contribution >= 4 is 56.6 Å². The normalized spacial score (nSPS) is 12.0. The summed E-state index contributed by atoms with van der Waals surface area (Å²) in [7, 11) is 0. The molecule has 0 aliphatic carbocycles. The largest absolute Gasteiger partial charge is 0.446 e. The van der Waals surface area contributed by atoms with Crippen LogP contribution >= 0.6 is 22.9 Å². The van der Waals surface area contributed by atoms with E-state index in [9.17, 15) is 26.3 Å². The lowest BCUT2D eigenvalue weighted by molar-refractivity contribution is -0.156. The summed E-state index contributed by atoms with van der Waals surface area (Å²) >= 11 is 7.57. The number of fused-ring (bicyclic) bond motifs is 2. The van der Waals surface area contributed by atoms with E-state index in [0.29, 0.717) is 26.4 Å². The fraction of sp³-hybridized carbons (Fsp3) is 0.105. The van der Waals surface area contributed by atoms with Crippen LogP contribution in [0.1, 0.15) is 5.69 Å². The smallest absolute Gasteiger partial charge is 0.329 e. The molecule has 0 saturated heterocycles. The zero-order valence-electron chi connectivity index (χ0n) is 16.8. The van der Waals surface area contributed by atoms with Crippen molar-refractivity contribution in [3.63, 3.8) is 0 Å². The van der Waals surface area contributed by atoms with Crippen molar-refractivity contribution in [1.82, 2.24) is 29.8 Å². The second kappa shape index (κ2) is 9.14. The summed E-state index contributed by atoms with van der Waals surface area (Å²) in [5, 5.41) is 20.1. The summed E-state index contributed by atoms with van der Waals surface area (Å²) in [5.74, 6) is 0. The number of carbonyl (C=O) groups is 1.